The van der Waals surface area contributed by atoms with E-state index < -0.39 is 8.07 Å². The van der Waals surface area contributed by atoms with Crippen molar-refractivity contribution in [1.29, 1.82) is 0 Å². The van der Waals surface area contributed by atoms with Crippen molar-refractivity contribution in [1.82, 2.24) is 0 Å². The maximum absolute atomic E-state index is 12.6. The molecule has 0 saturated carbocycles. The van der Waals surface area contributed by atoms with Gasteiger partial charge in [0.05, 0.1) is 13.8 Å². The highest BCUT2D eigenvalue weighted by atomic mass is 32.2. The topological polar surface area (TPSA) is 29.4 Å². The molecule has 0 spiro atoms. The summed E-state index contributed by atoms with van der Waals surface area (Å²) >= 11 is 1.32. The summed E-state index contributed by atoms with van der Waals surface area (Å²) in [5.74, 6) is 0. The molecular weight excluding hydrogens is 282 g/mol. The van der Waals surface area contributed by atoms with Crippen molar-refractivity contribution < 1.29 is 4.79 Å². The Kier molecular flexibility index (Phi) is 2.89. The number of benzene rings is 1. The van der Waals surface area contributed by atoms with E-state index in [4.69, 9.17) is 0 Å². The van der Waals surface area contributed by atoms with E-state index in [9.17, 15) is 4.79 Å². The second-order valence-corrected chi connectivity index (χ2v) is 13.2. The van der Waals surface area contributed by atoms with Gasteiger partial charge in [-0.3, -0.25) is 4.79 Å². The summed E-state index contributed by atoms with van der Waals surface area (Å²) in [5.41, 5.74) is 3.27. The Bertz CT molecular complexity index is 680. The largest absolute Gasteiger partial charge is 0.282 e. The fraction of sp³-hybridized carbons (Fsp3) is 0.375. The fourth-order valence-corrected chi connectivity index (χ4v) is 6.55. The Morgan fingerprint density at radius 2 is 1.80 bits per heavy atom. The highest BCUT2D eigenvalue weighted by molar-refractivity contribution is 8.28. The zero-order chi connectivity index (χ0) is 14.7. The van der Waals surface area contributed by atoms with E-state index >= 15 is 0 Å². The fourth-order valence-electron chi connectivity index (χ4n) is 2.56. The monoisotopic (exact) mass is 301 g/mol. The van der Waals surface area contributed by atoms with Crippen LogP contribution in [0.4, 0.5) is 5.69 Å². The van der Waals surface area contributed by atoms with Crippen LogP contribution in [-0.4, -0.2) is 18.2 Å². The summed E-state index contributed by atoms with van der Waals surface area (Å²) in [6, 6.07) is 8.15. The van der Waals surface area contributed by atoms with Crippen molar-refractivity contribution in [3.63, 3.8) is 0 Å². The summed E-state index contributed by atoms with van der Waals surface area (Å²) in [6.45, 7) is 11.4. The van der Waals surface area contributed by atoms with Crippen molar-refractivity contribution in [2.24, 2.45) is 4.99 Å². The van der Waals surface area contributed by atoms with Gasteiger partial charge in [0.1, 0.15) is 5.04 Å². The molecule has 0 amide bonds. The van der Waals surface area contributed by atoms with Gasteiger partial charge in [-0.05, 0) is 22.9 Å². The van der Waals surface area contributed by atoms with E-state index in [0.29, 0.717) is 0 Å². The Hall–Kier alpha value is -1.13. The van der Waals surface area contributed by atoms with Crippen LogP contribution in [0.3, 0.4) is 0 Å². The summed E-state index contributed by atoms with van der Waals surface area (Å²) < 4.78 is 0. The molecular formula is C16H19NOSSi. The van der Waals surface area contributed by atoms with Crippen LogP contribution in [0.15, 0.2) is 34.5 Å². The molecule has 3 rings (SSSR count). The number of para-hydroxylation sites is 1. The molecule has 0 radical (unpaired) electrons. The first-order valence-electron chi connectivity index (χ1n) is 6.89. The average Bonchev–Trinajstić information content (AvgIpc) is 2.81. The van der Waals surface area contributed by atoms with Gasteiger partial charge in [0.15, 0.2) is 0 Å². The zero-order valence-electron chi connectivity index (χ0n) is 12.6. The summed E-state index contributed by atoms with van der Waals surface area (Å²) in [6.07, 6.45) is 0. The molecule has 2 nitrogen and oxygen atoms in total. The van der Waals surface area contributed by atoms with Gasteiger partial charge in [0, 0.05) is 16.3 Å². The van der Waals surface area contributed by atoms with Gasteiger partial charge in [-0.25, -0.2) is 4.99 Å². The van der Waals surface area contributed by atoms with E-state index in [0.717, 1.165) is 27.1 Å². The number of fused-ring (bicyclic) bond motifs is 3. The predicted molar refractivity (Wildman–Crippen MR) is 90.3 cm³/mol. The van der Waals surface area contributed by atoms with Crippen LogP contribution in [0.2, 0.25) is 18.1 Å². The Morgan fingerprint density at radius 3 is 2.45 bits per heavy atom. The SMILES string of the molecule is CC(C)(C)[Si](C)(C)C1=C2C(=Nc3ccccc32)SC1=O. The van der Waals surface area contributed by atoms with E-state index in [2.05, 4.69) is 44.9 Å². The van der Waals surface area contributed by atoms with Gasteiger partial charge in [-0.15, -0.1) is 0 Å². The number of thioether (sulfide) groups is 1. The lowest BCUT2D eigenvalue weighted by atomic mass is 10.1. The Labute approximate surface area is 125 Å². The molecule has 2 heterocycles. The van der Waals surface area contributed by atoms with Crippen LogP contribution in [0.5, 0.6) is 0 Å². The molecule has 0 unspecified atom stereocenters. The number of rotatable bonds is 1. The van der Waals surface area contributed by atoms with E-state index in [1.165, 1.54) is 11.8 Å². The summed E-state index contributed by atoms with van der Waals surface area (Å²) in [4.78, 5) is 17.2. The van der Waals surface area contributed by atoms with Crippen LogP contribution in [0.1, 0.15) is 26.3 Å². The lowest BCUT2D eigenvalue weighted by Gasteiger charge is -2.37. The number of nitrogens with zero attached hydrogens (tertiary/aromatic N) is 1. The second-order valence-electron chi connectivity index (χ2n) is 6.95. The van der Waals surface area contributed by atoms with Crippen molar-refractivity contribution in [3.8, 4) is 0 Å². The average molecular weight is 301 g/mol. The minimum Gasteiger partial charge on any atom is -0.282 e. The molecule has 0 fully saturated rings. The smallest absolute Gasteiger partial charge is 0.218 e. The van der Waals surface area contributed by atoms with Crippen LogP contribution >= 0.6 is 11.8 Å². The predicted octanol–water partition coefficient (Wildman–Crippen LogP) is 4.80. The van der Waals surface area contributed by atoms with Gasteiger partial charge in [0.2, 0.25) is 5.12 Å². The van der Waals surface area contributed by atoms with Gasteiger partial charge >= 0.3 is 0 Å². The minimum atomic E-state index is -1.86. The molecule has 0 aromatic heterocycles. The normalized spacial score (nSPS) is 18.2. The molecule has 104 valence electrons. The number of hydrogen-bond donors (Lipinski definition) is 0. The number of aliphatic imine (C=N–C) groups is 1. The highest BCUT2D eigenvalue weighted by Gasteiger charge is 2.48. The van der Waals surface area contributed by atoms with Gasteiger partial charge in [-0.1, -0.05) is 52.1 Å². The van der Waals surface area contributed by atoms with Gasteiger partial charge < -0.3 is 0 Å². The Balaban J connectivity index is 2.28. The van der Waals surface area contributed by atoms with E-state index in [1.54, 1.807) is 0 Å². The van der Waals surface area contributed by atoms with Crippen molar-refractivity contribution in [3.05, 3.63) is 35.0 Å². The standard InChI is InChI=1S/C16H19NOSSi/c1-16(2,3)20(4,5)13-12-10-8-6-7-9-11(10)17-14(12)19-15(13)18/h6-9H,1-5H3. The molecule has 0 saturated heterocycles. The number of carbonyl (C=O) groups is 1. The van der Waals surface area contributed by atoms with Crippen LogP contribution in [0, 0.1) is 0 Å². The molecule has 4 heteroatoms. The molecule has 1 aromatic carbocycles. The first kappa shape index (κ1) is 13.8. The first-order valence-corrected chi connectivity index (χ1v) is 10.7. The maximum atomic E-state index is 12.6. The van der Waals surface area contributed by atoms with Crippen LogP contribution < -0.4 is 0 Å². The molecule has 20 heavy (non-hydrogen) atoms. The zero-order valence-corrected chi connectivity index (χ0v) is 14.4. The van der Waals surface area contributed by atoms with Gasteiger partial charge in [-0.2, -0.15) is 0 Å². The molecule has 0 atom stereocenters. The Morgan fingerprint density at radius 1 is 1.15 bits per heavy atom. The summed E-state index contributed by atoms with van der Waals surface area (Å²) in [7, 11) is -1.86. The van der Waals surface area contributed by atoms with E-state index in [-0.39, 0.29) is 10.2 Å². The molecule has 1 aromatic rings. The minimum absolute atomic E-state index is 0.151. The van der Waals surface area contributed by atoms with Gasteiger partial charge in [0.25, 0.3) is 0 Å². The molecule has 2 aliphatic heterocycles. The third kappa shape index (κ3) is 1.78. The highest BCUT2D eigenvalue weighted by Crippen LogP contribution is 2.52. The molecule has 0 aliphatic carbocycles. The number of carbonyl (C=O) groups excluding carboxylic acids is 1. The second kappa shape index (κ2) is 4.18. The lowest BCUT2D eigenvalue weighted by molar-refractivity contribution is -0.107. The lowest BCUT2D eigenvalue weighted by Crippen LogP contribution is -2.41. The van der Waals surface area contributed by atoms with Crippen molar-refractivity contribution in [2.75, 3.05) is 0 Å². The van der Waals surface area contributed by atoms with Crippen molar-refractivity contribution in [2.45, 2.75) is 38.9 Å². The third-order valence-corrected chi connectivity index (χ3v) is 11.3. The first-order chi connectivity index (χ1) is 9.23. The van der Waals surface area contributed by atoms with Crippen molar-refractivity contribution >= 4 is 41.3 Å². The summed E-state index contributed by atoms with van der Waals surface area (Å²) in [5, 5.41) is 2.35. The molecule has 0 bridgehead atoms. The number of hydrogen-bond acceptors (Lipinski definition) is 3. The quantitative estimate of drug-likeness (QED) is 0.697. The molecule has 2 aliphatic rings. The van der Waals surface area contributed by atoms with Crippen LogP contribution in [-0.2, 0) is 4.79 Å². The van der Waals surface area contributed by atoms with Crippen LogP contribution in [0.25, 0.3) is 5.57 Å². The maximum Gasteiger partial charge on any atom is 0.218 e. The van der Waals surface area contributed by atoms with E-state index in [1.807, 2.05) is 18.2 Å². The third-order valence-electron chi connectivity index (χ3n) is 4.75. The molecule has 0 N–H and O–H groups in total.